The minimum absolute atomic E-state index is 0.176. The van der Waals surface area contributed by atoms with E-state index in [1.165, 1.54) is 12.1 Å². The van der Waals surface area contributed by atoms with E-state index in [2.05, 4.69) is 16.3 Å². The fraction of sp³-hybridized carbons (Fsp3) is 0.227. The molecule has 0 aromatic heterocycles. The predicted octanol–water partition coefficient (Wildman–Crippen LogP) is 2.29. The molecule has 0 bridgehead atoms. The van der Waals surface area contributed by atoms with Gasteiger partial charge in [0.2, 0.25) is 0 Å². The Kier molecular flexibility index (Phi) is 6.91. The van der Waals surface area contributed by atoms with Gasteiger partial charge in [-0.3, -0.25) is 10.1 Å². The highest BCUT2D eigenvalue weighted by Crippen LogP contribution is 2.25. The summed E-state index contributed by atoms with van der Waals surface area (Å²) >= 11 is 0. The van der Waals surface area contributed by atoms with Gasteiger partial charge in [-0.05, 0) is 30.3 Å². The summed E-state index contributed by atoms with van der Waals surface area (Å²) in [5.41, 5.74) is 3.21. The first kappa shape index (κ1) is 21.2. The van der Waals surface area contributed by atoms with Crippen molar-refractivity contribution in [3.8, 4) is 6.07 Å². The van der Waals surface area contributed by atoms with E-state index in [1.807, 2.05) is 6.07 Å². The summed E-state index contributed by atoms with van der Waals surface area (Å²) in [6.07, 6.45) is 0.984. The first-order valence-corrected chi connectivity index (χ1v) is 9.51. The Bertz CT molecular complexity index is 1010. The number of hydrogen-bond acceptors (Lipinski definition) is 5. The lowest BCUT2D eigenvalue weighted by Crippen LogP contribution is -2.75. The van der Waals surface area contributed by atoms with E-state index >= 15 is 0 Å². The molecular formula is C22H23FN5O2+. The van der Waals surface area contributed by atoms with Crippen molar-refractivity contribution in [1.82, 2.24) is 0 Å². The minimum Gasteiger partial charge on any atom is -0.378 e. The van der Waals surface area contributed by atoms with Crippen LogP contribution in [-0.2, 0) is 9.53 Å². The van der Waals surface area contributed by atoms with Gasteiger partial charge in [-0.25, -0.2) is 4.39 Å². The highest BCUT2D eigenvalue weighted by Gasteiger charge is 2.18. The maximum atomic E-state index is 13.1. The molecule has 0 saturated carbocycles. The number of nitrogens with zero attached hydrogens (tertiary/aromatic N) is 2. The van der Waals surface area contributed by atoms with Crippen molar-refractivity contribution in [2.24, 2.45) is 0 Å². The molecule has 0 aliphatic carbocycles. The molecule has 7 nitrogen and oxygen atoms in total. The van der Waals surface area contributed by atoms with E-state index in [0.29, 0.717) is 43.3 Å². The molecule has 3 rings (SSSR count). The Morgan fingerprint density at radius 3 is 2.60 bits per heavy atom. The lowest BCUT2D eigenvalue weighted by atomic mass is 10.1. The fourth-order valence-electron chi connectivity index (χ4n) is 3.23. The van der Waals surface area contributed by atoms with Crippen LogP contribution in [0.2, 0.25) is 0 Å². The zero-order valence-electron chi connectivity index (χ0n) is 16.6. The Labute approximate surface area is 174 Å². The van der Waals surface area contributed by atoms with Crippen molar-refractivity contribution in [2.45, 2.75) is 6.92 Å². The van der Waals surface area contributed by atoms with Gasteiger partial charge in [0.1, 0.15) is 28.8 Å². The number of nitrogens with two attached hydrogens (primary N) is 1. The molecule has 4 N–H and O–H groups in total. The third-order valence-electron chi connectivity index (χ3n) is 4.79. The number of rotatable bonds is 6. The molecule has 0 radical (unpaired) electrons. The van der Waals surface area contributed by atoms with Crippen molar-refractivity contribution in [1.29, 1.82) is 10.7 Å². The smallest absolute Gasteiger partial charge is 0.262 e. The first-order chi connectivity index (χ1) is 14.5. The lowest BCUT2D eigenvalue weighted by Gasteiger charge is -2.29. The average Bonchev–Trinajstić information content (AvgIpc) is 2.76. The number of ether oxygens (including phenoxy) is 1. The number of halogens is 1. The number of carbonyl (C=O) groups excluding carboxylic acids is 1. The van der Waals surface area contributed by atoms with Crippen LogP contribution in [0.3, 0.4) is 0 Å². The second-order valence-electron chi connectivity index (χ2n) is 6.83. The fourth-order valence-corrected chi connectivity index (χ4v) is 3.23. The van der Waals surface area contributed by atoms with Crippen molar-refractivity contribution >= 4 is 29.2 Å². The Balaban J connectivity index is 1.76. The molecular weight excluding hydrogens is 385 g/mol. The number of quaternary nitrogens is 1. The highest BCUT2D eigenvalue weighted by atomic mass is 19.1. The molecule has 0 spiro atoms. The molecule has 1 aliphatic rings. The second-order valence-corrected chi connectivity index (χ2v) is 6.83. The quantitative estimate of drug-likeness (QED) is 0.387. The van der Waals surface area contributed by atoms with Crippen LogP contribution < -0.4 is 15.5 Å². The van der Waals surface area contributed by atoms with E-state index in [9.17, 15) is 14.4 Å². The Hall–Kier alpha value is -3.54. The summed E-state index contributed by atoms with van der Waals surface area (Å²) < 4.78 is 18.4. The molecule has 0 unspecified atom stereocenters. The molecule has 0 atom stereocenters. The molecule has 2 aromatic rings. The summed E-state index contributed by atoms with van der Waals surface area (Å²) in [5, 5.41) is 21.6. The van der Waals surface area contributed by atoms with Crippen LogP contribution in [0, 0.1) is 22.6 Å². The van der Waals surface area contributed by atoms with Gasteiger partial charge in [0.25, 0.3) is 5.91 Å². The van der Waals surface area contributed by atoms with Gasteiger partial charge in [-0.15, -0.1) is 0 Å². The van der Waals surface area contributed by atoms with Crippen molar-refractivity contribution in [2.75, 3.05) is 36.5 Å². The normalized spacial score (nSPS) is 14.5. The molecule has 1 fully saturated rings. The van der Waals surface area contributed by atoms with E-state index < -0.39 is 5.91 Å². The number of allylic oxidation sites excluding steroid dienone is 1. The molecule has 1 saturated heterocycles. The van der Waals surface area contributed by atoms with E-state index in [1.54, 1.807) is 36.5 Å². The molecule has 30 heavy (non-hydrogen) atoms. The van der Waals surface area contributed by atoms with Gasteiger partial charge in [0.05, 0.1) is 24.5 Å². The van der Waals surface area contributed by atoms with Gasteiger partial charge in [0, 0.05) is 44.0 Å². The van der Waals surface area contributed by atoms with Crippen molar-refractivity contribution in [3.05, 3.63) is 65.1 Å². The first-order valence-electron chi connectivity index (χ1n) is 9.51. The summed E-state index contributed by atoms with van der Waals surface area (Å²) in [7, 11) is 0. The minimum atomic E-state index is -0.455. The van der Waals surface area contributed by atoms with Gasteiger partial charge in [-0.2, -0.15) is 5.26 Å². The van der Waals surface area contributed by atoms with Crippen LogP contribution in [0.25, 0.3) is 0 Å². The van der Waals surface area contributed by atoms with Gasteiger partial charge < -0.3 is 20.4 Å². The molecule has 8 heteroatoms. The number of morpholine rings is 1. The van der Waals surface area contributed by atoms with Crippen LogP contribution in [0.1, 0.15) is 12.5 Å². The third-order valence-corrected chi connectivity index (χ3v) is 4.79. The number of carbonyl (C=O) groups is 1. The zero-order valence-corrected chi connectivity index (χ0v) is 16.6. The topological polar surface area (TPSA) is 106 Å². The van der Waals surface area contributed by atoms with E-state index in [-0.39, 0.29) is 11.4 Å². The van der Waals surface area contributed by atoms with E-state index in [4.69, 9.17) is 10.1 Å². The monoisotopic (exact) mass is 408 g/mol. The standard InChI is InChI=1S/C22H22FN5O2/c1-15(26-18-4-2-17(23)3-5-18)20(14-25)22(29)27-19-6-7-21(16(12-19)13-24)28-8-10-30-11-9-28/h2-7,12,14,25-26H,8-11H2,1H3,(H,27,29)/p+1/b20-15+,25-14?. The third kappa shape index (κ3) is 5.08. The second kappa shape index (κ2) is 9.78. The van der Waals surface area contributed by atoms with Gasteiger partial charge in [0.15, 0.2) is 0 Å². The number of anilines is 2. The largest absolute Gasteiger partial charge is 0.378 e. The lowest BCUT2D eigenvalue weighted by molar-refractivity contribution is -0.517. The average molecular weight is 408 g/mol. The Morgan fingerprint density at radius 1 is 1.27 bits per heavy atom. The number of benzene rings is 2. The highest BCUT2D eigenvalue weighted by molar-refractivity contribution is 6.17. The summed E-state index contributed by atoms with van der Waals surface area (Å²) in [4.78, 5) is 14.8. The van der Waals surface area contributed by atoms with Crippen LogP contribution in [0.5, 0.6) is 0 Å². The van der Waals surface area contributed by atoms with Gasteiger partial charge in [-0.1, -0.05) is 0 Å². The number of hydrogen-bond donors (Lipinski definition) is 3. The van der Waals surface area contributed by atoms with Crippen molar-refractivity contribution < 1.29 is 19.2 Å². The number of nitrogens with one attached hydrogen (secondary N) is 2. The molecule has 154 valence electrons. The molecule has 1 heterocycles. The van der Waals surface area contributed by atoms with Crippen molar-refractivity contribution in [3.63, 3.8) is 0 Å². The summed E-state index contributed by atoms with van der Waals surface area (Å²) in [5.74, 6) is -0.795. The van der Waals surface area contributed by atoms with E-state index in [0.717, 1.165) is 17.6 Å². The van der Waals surface area contributed by atoms with Gasteiger partial charge >= 0.3 is 0 Å². The maximum absolute atomic E-state index is 13.1. The summed E-state index contributed by atoms with van der Waals surface area (Å²) in [6, 6.07) is 13.2. The summed E-state index contributed by atoms with van der Waals surface area (Å²) in [6.45, 7) is 4.35. The predicted molar refractivity (Wildman–Crippen MR) is 112 cm³/mol. The SMILES string of the molecule is C/C([NH2+]c1ccc(F)cc1)=C(/C=N)C(=O)Nc1ccc(N2CCOCC2)c(C#N)c1. The van der Waals surface area contributed by atoms with Crippen LogP contribution in [0.15, 0.2) is 53.7 Å². The zero-order chi connectivity index (χ0) is 21.5. The molecule has 2 aromatic carbocycles. The molecule has 1 aliphatic heterocycles. The van der Waals surface area contributed by atoms with Crippen LogP contribution in [-0.4, -0.2) is 38.4 Å². The Morgan fingerprint density at radius 2 is 1.97 bits per heavy atom. The number of amides is 1. The number of nitriles is 1. The van der Waals surface area contributed by atoms with Crippen LogP contribution >= 0.6 is 0 Å². The molecule has 1 amide bonds. The maximum Gasteiger partial charge on any atom is 0.262 e. The van der Waals surface area contributed by atoms with Crippen LogP contribution in [0.4, 0.5) is 21.5 Å².